The number of hydrogen-bond donors (Lipinski definition) is 1. The third kappa shape index (κ3) is 4.67. The Morgan fingerprint density at radius 3 is 2.62 bits per heavy atom. The molecule has 9 nitrogen and oxygen atoms in total. The van der Waals surface area contributed by atoms with Gasteiger partial charge in [0.25, 0.3) is 5.91 Å². The number of amides is 1. The first-order chi connectivity index (χ1) is 18.0. The van der Waals surface area contributed by atoms with Crippen LogP contribution in [0.25, 0.3) is 22.3 Å². The van der Waals surface area contributed by atoms with E-state index in [-0.39, 0.29) is 17.9 Å². The highest BCUT2D eigenvalue weighted by atomic mass is 16.7. The van der Waals surface area contributed by atoms with E-state index in [2.05, 4.69) is 23.2 Å². The molecule has 37 heavy (non-hydrogen) atoms. The predicted molar refractivity (Wildman–Crippen MR) is 140 cm³/mol. The van der Waals surface area contributed by atoms with E-state index in [0.29, 0.717) is 37.6 Å². The lowest BCUT2D eigenvalue weighted by Crippen LogP contribution is -2.44. The van der Waals surface area contributed by atoms with Crippen molar-refractivity contribution in [3.05, 3.63) is 47.8 Å². The van der Waals surface area contributed by atoms with Crippen molar-refractivity contribution < 1.29 is 19.0 Å². The molecule has 2 aromatic heterocycles. The molecule has 3 aromatic rings. The Balaban J connectivity index is 1.40. The maximum absolute atomic E-state index is 12.2. The number of hydrogen-bond acceptors (Lipinski definition) is 8. The first kappa shape index (κ1) is 24.2. The molecular formula is C28H33N5O4. The number of carbonyl (C=O) groups excluding carboxylic acids is 1. The molecule has 1 spiro atoms. The van der Waals surface area contributed by atoms with Gasteiger partial charge >= 0.3 is 0 Å². The van der Waals surface area contributed by atoms with Gasteiger partial charge in [-0.2, -0.15) is 0 Å². The molecule has 3 aliphatic rings. The second kappa shape index (κ2) is 9.96. The fraction of sp³-hybridized carbons (Fsp3) is 0.500. The maximum atomic E-state index is 12.2. The lowest BCUT2D eigenvalue weighted by molar-refractivity contribution is -0.179. The quantitative estimate of drug-likeness (QED) is 0.576. The number of anilines is 1. The van der Waals surface area contributed by atoms with Crippen molar-refractivity contribution in [2.24, 2.45) is 0 Å². The molecular weight excluding hydrogens is 470 g/mol. The Morgan fingerprint density at radius 1 is 1.05 bits per heavy atom. The molecule has 1 atom stereocenters. The Kier molecular flexibility index (Phi) is 6.52. The smallest absolute Gasteiger partial charge is 0.251 e. The topological polar surface area (TPSA) is 98.7 Å². The second-order valence-corrected chi connectivity index (χ2v) is 10.1. The van der Waals surface area contributed by atoms with Crippen LogP contribution in [0.15, 0.2) is 36.4 Å². The number of aromatic nitrogens is 3. The zero-order chi connectivity index (χ0) is 25.4. The molecule has 1 aliphatic carbocycles. The Labute approximate surface area is 216 Å². The van der Waals surface area contributed by atoms with Gasteiger partial charge in [0.05, 0.1) is 43.5 Å². The Morgan fingerprint density at radius 2 is 1.86 bits per heavy atom. The molecule has 1 N–H and O–H groups in total. The molecule has 4 heterocycles. The molecule has 0 bridgehead atoms. The van der Waals surface area contributed by atoms with Crippen molar-refractivity contribution >= 4 is 22.8 Å². The standard InChI is InChI=1S/C28H33N5O4/c1-18-17-35-13-12-33(18)26-22-6-7-23(20-4-3-5-21(16-20)27(34)29-2)30-25(22)31-24(32-26)19-8-10-28(11-9-19)36-14-15-37-28/h3-7,16,18-19H,8-15,17H2,1-2H3,(H,29,34)/t18-/m0/s1. The van der Waals surface area contributed by atoms with E-state index in [0.717, 1.165) is 60.5 Å². The molecule has 9 heteroatoms. The van der Waals surface area contributed by atoms with Crippen LogP contribution < -0.4 is 10.2 Å². The minimum Gasteiger partial charge on any atom is -0.377 e. The number of rotatable bonds is 4. The van der Waals surface area contributed by atoms with Crippen LogP contribution in [0.1, 0.15) is 54.7 Å². The summed E-state index contributed by atoms with van der Waals surface area (Å²) in [6, 6.07) is 11.8. The minimum atomic E-state index is -0.421. The zero-order valence-electron chi connectivity index (χ0n) is 21.4. The Hall–Kier alpha value is -3.14. The van der Waals surface area contributed by atoms with Gasteiger partial charge in [-0.25, -0.2) is 15.0 Å². The van der Waals surface area contributed by atoms with E-state index in [1.807, 2.05) is 24.3 Å². The SMILES string of the molecule is CNC(=O)c1cccc(-c2ccc3c(N4CCOC[C@@H]4C)nc(C4CCC5(CC4)OCCO5)nc3n2)c1. The summed E-state index contributed by atoms with van der Waals surface area (Å²) in [6.07, 6.45) is 3.53. The number of pyridine rings is 1. The highest BCUT2D eigenvalue weighted by Crippen LogP contribution is 2.42. The van der Waals surface area contributed by atoms with Crippen LogP contribution in [-0.4, -0.2) is 72.7 Å². The zero-order valence-corrected chi connectivity index (χ0v) is 21.4. The molecule has 194 valence electrons. The van der Waals surface area contributed by atoms with Gasteiger partial charge < -0.3 is 24.4 Å². The average Bonchev–Trinajstić information content (AvgIpc) is 3.40. The molecule has 1 amide bonds. The van der Waals surface area contributed by atoms with E-state index in [9.17, 15) is 4.79 Å². The average molecular weight is 504 g/mol. The van der Waals surface area contributed by atoms with Crippen LogP contribution in [-0.2, 0) is 14.2 Å². The number of ether oxygens (including phenoxy) is 3. The number of carbonyl (C=O) groups is 1. The molecule has 2 aliphatic heterocycles. The Bertz CT molecular complexity index is 1300. The van der Waals surface area contributed by atoms with Crippen LogP contribution in [0.2, 0.25) is 0 Å². The molecule has 0 unspecified atom stereocenters. The van der Waals surface area contributed by atoms with Gasteiger partial charge in [-0.1, -0.05) is 12.1 Å². The van der Waals surface area contributed by atoms with Crippen molar-refractivity contribution in [2.45, 2.75) is 50.4 Å². The summed E-state index contributed by atoms with van der Waals surface area (Å²) in [7, 11) is 1.63. The number of morpholine rings is 1. The molecule has 1 aromatic carbocycles. The first-order valence-electron chi connectivity index (χ1n) is 13.2. The monoisotopic (exact) mass is 503 g/mol. The van der Waals surface area contributed by atoms with Crippen molar-refractivity contribution in [1.29, 1.82) is 0 Å². The number of nitrogens with one attached hydrogen (secondary N) is 1. The summed E-state index contributed by atoms with van der Waals surface area (Å²) in [6.45, 7) is 5.62. The van der Waals surface area contributed by atoms with Crippen molar-refractivity contribution in [3.8, 4) is 11.3 Å². The highest BCUT2D eigenvalue weighted by molar-refractivity contribution is 5.95. The molecule has 3 fully saturated rings. The molecule has 6 rings (SSSR count). The van der Waals surface area contributed by atoms with Crippen molar-refractivity contribution in [1.82, 2.24) is 20.3 Å². The third-order valence-electron chi connectivity index (χ3n) is 7.77. The molecule has 1 saturated carbocycles. The van der Waals surface area contributed by atoms with Crippen molar-refractivity contribution in [2.75, 3.05) is 44.9 Å². The fourth-order valence-electron chi connectivity index (χ4n) is 5.68. The maximum Gasteiger partial charge on any atom is 0.251 e. The van der Waals surface area contributed by atoms with Crippen LogP contribution in [0.4, 0.5) is 5.82 Å². The summed E-state index contributed by atoms with van der Waals surface area (Å²) < 4.78 is 17.6. The summed E-state index contributed by atoms with van der Waals surface area (Å²) in [5, 5.41) is 3.61. The van der Waals surface area contributed by atoms with Gasteiger partial charge in [0.1, 0.15) is 11.6 Å². The van der Waals surface area contributed by atoms with Gasteiger partial charge in [0, 0.05) is 43.5 Å². The molecule has 0 radical (unpaired) electrons. The number of nitrogens with zero attached hydrogens (tertiary/aromatic N) is 4. The van der Waals surface area contributed by atoms with Gasteiger partial charge in [0.15, 0.2) is 11.4 Å². The van der Waals surface area contributed by atoms with E-state index < -0.39 is 5.79 Å². The highest BCUT2D eigenvalue weighted by Gasteiger charge is 2.41. The van der Waals surface area contributed by atoms with Gasteiger partial charge in [-0.05, 0) is 44.0 Å². The van der Waals surface area contributed by atoms with Crippen molar-refractivity contribution in [3.63, 3.8) is 0 Å². The van der Waals surface area contributed by atoms with E-state index in [4.69, 9.17) is 29.2 Å². The van der Waals surface area contributed by atoms with E-state index in [1.54, 1.807) is 13.1 Å². The predicted octanol–water partition coefficient (Wildman–Crippen LogP) is 3.68. The van der Waals surface area contributed by atoms with Gasteiger partial charge in [-0.3, -0.25) is 4.79 Å². The summed E-state index contributed by atoms with van der Waals surface area (Å²) in [4.78, 5) is 29.7. The van der Waals surface area contributed by atoms with Crippen LogP contribution >= 0.6 is 0 Å². The lowest BCUT2D eigenvalue weighted by atomic mass is 9.84. The van der Waals surface area contributed by atoms with E-state index >= 15 is 0 Å². The van der Waals surface area contributed by atoms with E-state index in [1.165, 1.54) is 0 Å². The van der Waals surface area contributed by atoms with Crippen LogP contribution in [0.3, 0.4) is 0 Å². The van der Waals surface area contributed by atoms with Gasteiger partial charge in [0.2, 0.25) is 0 Å². The van der Waals surface area contributed by atoms with Crippen LogP contribution in [0, 0.1) is 0 Å². The third-order valence-corrected chi connectivity index (χ3v) is 7.77. The normalized spacial score (nSPS) is 22.0. The number of benzene rings is 1. The summed E-state index contributed by atoms with van der Waals surface area (Å²) >= 11 is 0. The summed E-state index contributed by atoms with van der Waals surface area (Å²) in [5.41, 5.74) is 2.93. The molecule has 2 saturated heterocycles. The minimum absolute atomic E-state index is 0.124. The lowest BCUT2D eigenvalue weighted by Gasteiger charge is -2.36. The second-order valence-electron chi connectivity index (χ2n) is 10.1. The van der Waals surface area contributed by atoms with Gasteiger partial charge in [-0.15, -0.1) is 0 Å². The summed E-state index contributed by atoms with van der Waals surface area (Å²) in [5.74, 6) is 1.43. The fourth-order valence-corrected chi connectivity index (χ4v) is 5.68. The number of fused-ring (bicyclic) bond motifs is 1. The largest absolute Gasteiger partial charge is 0.377 e. The first-order valence-corrected chi connectivity index (χ1v) is 13.2. The van der Waals surface area contributed by atoms with Crippen LogP contribution in [0.5, 0.6) is 0 Å².